The minimum atomic E-state index is -0.222. The fourth-order valence-electron chi connectivity index (χ4n) is 3.29. The van der Waals surface area contributed by atoms with Crippen molar-refractivity contribution in [2.24, 2.45) is 4.99 Å². The normalized spacial score (nSPS) is 16.2. The number of rotatable bonds is 6. The van der Waals surface area contributed by atoms with Crippen LogP contribution in [-0.2, 0) is 4.74 Å². The minimum absolute atomic E-state index is 0. The monoisotopic (exact) mass is 537 g/mol. The number of carbonyl (C=O) groups is 1. The van der Waals surface area contributed by atoms with Crippen LogP contribution in [0, 0.1) is 0 Å². The van der Waals surface area contributed by atoms with Gasteiger partial charge in [-0.25, -0.2) is 4.79 Å². The summed E-state index contributed by atoms with van der Waals surface area (Å²) >= 11 is 6.01. The van der Waals surface area contributed by atoms with Crippen molar-refractivity contribution in [1.29, 1.82) is 0 Å². The van der Waals surface area contributed by atoms with E-state index in [1.54, 1.807) is 11.9 Å². The van der Waals surface area contributed by atoms with Crippen LogP contribution in [0.3, 0.4) is 0 Å². The van der Waals surface area contributed by atoms with E-state index in [0.29, 0.717) is 19.7 Å². The van der Waals surface area contributed by atoms with E-state index in [2.05, 4.69) is 46.8 Å². The molecule has 0 spiro atoms. The molecule has 1 aliphatic rings. The third-order valence-electron chi connectivity index (χ3n) is 4.93. The molecule has 7 nitrogen and oxygen atoms in total. The van der Waals surface area contributed by atoms with Gasteiger partial charge in [-0.05, 0) is 51.6 Å². The van der Waals surface area contributed by atoms with Gasteiger partial charge in [0.25, 0.3) is 0 Å². The van der Waals surface area contributed by atoms with Gasteiger partial charge < -0.3 is 25.2 Å². The van der Waals surface area contributed by atoms with E-state index >= 15 is 0 Å². The van der Waals surface area contributed by atoms with E-state index in [0.717, 1.165) is 30.4 Å². The van der Waals surface area contributed by atoms with Gasteiger partial charge in [-0.2, -0.15) is 0 Å². The van der Waals surface area contributed by atoms with Crippen molar-refractivity contribution in [2.75, 3.05) is 47.4 Å². The lowest BCUT2D eigenvalue weighted by atomic mass is 10.1. The second-order valence-corrected chi connectivity index (χ2v) is 7.53. The summed E-state index contributed by atoms with van der Waals surface area (Å²) in [5.74, 6) is 0.774. The Morgan fingerprint density at radius 1 is 1.31 bits per heavy atom. The summed E-state index contributed by atoms with van der Waals surface area (Å²) in [6.07, 6.45) is 1.52. The number of piperidine rings is 1. The van der Waals surface area contributed by atoms with E-state index in [9.17, 15) is 4.79 Å². The summed E-state index contributed by atoms with van der Waals surface area (Å²) in [6.45, 7) is 4.34. The van der Waals surface area contributed by atoms with Gasteiger partial charge in [-0.3, -0.25) is 4.99 Å². The maximum atomic E-state index is 11.8. The molecule has 0 aromatic heterocycles. The summed E-state index contributed by atoms with van der Waals surface area (Å²) in [5, 5.41) is 7.63. The van der Waals surface area contributed by atoms with Crippen molar-refractivity contribution >= 4 is 47.6 Å². The van der Waals surface area contributed by atoms with Crippen molar-refractivity contribution in [3.05, 3.63) is 34.9 Å². The molecule has 1 saturated heterocycles. The molecule has 1 amide bonds. The number of nitrogens with one attached hydrogen (secondary N) is 2. The molecule has 0 radical (unpaired) electrons. The van der Waals surface area contributed by atoms with E-state index < -0.39 is 0 Å². The van der Waals surface area contributed by atoms with Gasteiger partial charge >= 0.3 is 6.09 Å². The van der Waals surface area contributed by atoms with Crippen molar-refractivity contribution in [3.8, 4) is 0 Å². The molecule has 1 aliphatic heterocycles. The summed E-state index contributed by atoms with van der Waals surface area (Å²) in [6, 6.07) is 8.41. The third kappa shape index (κ3) is 8.18. The smallest absolute Gasteiger partial charge is 0.409 e. The highest BCUT2D eigenvalue weighted by Crippen LogP contribution is 2.20. The SMILES string of the molecule is CCOC(=O)N1CCC(NC(=NC)NCC(c2ccc(Cl)cc2)N(C)C)CC1.I. The molecule has 1 unspecified atom stereocenters. The molecular weight excluding hydrogens is 505 g/mol. The Labute approximate surface area is 196 Å². The zero-order valence-electron chi connectivity index (χ0n) is 17.7. The topological polar surface area (TPSA) is 69.2 Å². The Bertz CT molecular complexity index is 649. The number of benzene rings is 1. The van der Waals surface area contributed by atoms with Gasteiger partial charge in [0, 0.05) is 37.7 Å². The summed E-state index contributed by atoms with van der Waals surface area (Å²) in [7, 11) is 5.89. The number of hydrogen-bond acceptors (Lipinski definition) is 4. The molecule has 0 aliphatic carbocycles. The van der Waals surface area contributed by atoms with Crippen LogP contribution in [0.2, 0.25) is 5.02 Å². The maximum Gasteiger partial charge on any atom is 0.409 e. The Hall–Kier alpha value is -1.26. The molecule has 1 aromatic rings. The number of hydrogen-bond donors (Lipinski definition) is 2. The number of carbonyl (C=O) groups excluding carboxylic acids is 1. The highest BCUT2D eigenvalue weighted by Gasteiger charge is 2.24. The lowest BCUT2D eigenvalue weighted by molar-refractivity contribution is 0.0963. The van der Waals surface area contributed by atoms with Gasteiger partial charge in [0.05, 0.1) is 12.6 Å². The van der Waals surface area contributed by atoms with Crippen LogP contribution < -0.4 is 10.6 Å². The van der Waals surface area contributed by atoms with Crippen molar-refractivity contribution in [3.63, 3.8) is 0 Å². The molecule has 0 bridgehead atoms. The summed E-state index contributed by atoms with van der Waals surface area (Å²) < 4.78 is 5.07. The number of amides is 1. The van der Waals surface area contributed by atoms with Crippen LogP contribution >= 0.6 is 35.6 Å². The predicted octanol–water partition coefficient (Wildman–Crippen LogP) is 3.35. The van der Waals surface area contributed by atoms with Gasteiger partial charge in [0.2, 0.25) is 0 Å². The van der Waals surface area contributed by atoms with Crippen molar-refractivity contribution < 1.29 is 9.53 Å². The van der Waals surface area contributed by atoms with E-state index in [1.165, 1.54) is 5.56 Å². The average Bonchev–Trinajstić information content (AvgIpc) is 2.69. The summed E-state index contributed by atoms with van der Waals surface area (Å²) in [5.41, 5.74) is 1.19. The van der Waals surface area contributed by atoms with Crippen LogP contribution in [0.5, 0.6) is 0 Å². The first-order chi connectivity index (χ1) is 13.4. The van der Waals surface area contributed by atoms with E-state index in [1.807, 2.05) is 19.1 Å². The average molecular weight is 538 g/mol. The van der Waals surface area contributed by atoms with Crippen LogP contribution in [0.1, 0.15) is 31.4 Å². The molecule has 9 heteroatoms. The van der Waals surface area contributed by atoms with Gasteiger partial charge in [0.15, 0.2) is 5.96 Å². The van der Waals surface area contributed by atoms with Crippen LogP contribution in [0.15, 0.2) is 29.3 Å². The molecule has 2 rings (SSSR count). The highest BCUT2D eigenvalue weighted by atomic mass is 127. The maximum absolute atomic E-state index is 11.8. The summed E-state index contributed by atoms with van der Waals surface area (Å²) in [4.78, 5) is 20.1. The number of likely N-dealkylation sites (tertiary alicyclic amines) is 1. The lowest BCUT2D eigenvalue weighted by Gasteiger charge is -2.33. The fraction of sp³-hybridized carbons (Fsp3) is 0.600. The first kappa shape index (κ1) is 25.8. The molecule has 1 heterocycles. The fourth-order valence-corrected chi connectivity index (χ4v) is 3.41. The molecule has 1 atom stereocenters. The second kappa shape index (κ2) is 13.1. The number of nitrogens with zero attached hydrogens (tertiary/aromatic N) is 3. The van der Waals surface area contributed by atoms with Crippen LogP contribution in [-0.4, -0.2) is 75.3 Å². The number of aliphatic imine (C=N–C) groups is 1. The molecular formula is C20H33ClIN5O2. The number of halogens is 2. The largest absolute Gasteiger partial charge is 0.450 e. The lowest BCUT2D eigenvalue weighted by Crippen LogP contribution is -2.50. The second-order valence-electron chi connectivity index (χ2n) is 7.09. The Morgan fingerprint density at radius 2 is 1.93 bits per heavy atom. The number of ether oxygens (including phenoxy) is 1. The molecule has 164 valence electrons. The van der Waals surface area contributed by atoms with Gasteiger partial charge in [0.1, 0.15) is 0 Å². The molecule has 2 N–H and O–H groups in total. The third-order valence-corrected chi connectivity index (χ3v) is 5.18. The highest BCUT2D eigenvalue weighted by molar-refractivity contribution is 14.0. The minimum Gasteiger partial charge on any atom is -0.450 e. The Morgan fingerprint density at radius 3 is 2.45 bits per heavy atom. The van der Waals surface area contributed by atoms with Crippen LogP contribution in [0.4, 0.5) is 4.79 Å². The number of likely N-dealkylation sites (N-methyl/N-ethyl adjacent to an activating group) is 1. The Kier molecular flexibility index (Phi) is 11.7. The van der Waals surface area contributed by atoms with Gasteiger partial charge in [-0.15, -0.1) is 24.0 Å². The molecule has 0 saturated carbocycles. The zero-order chi connectivity index (χ0) is 20.5. The zero-order valence-corrected chi connectivity index (χ0v) is 20.7. The quantitative estimate of drug-likeness (QED) is 0.331. The Balaban J connectivity index is 0.00000420. The van der Waals surface area contributed by atoms with Crippen LogP contribution in [0.25, 0.3) is 0 Å². The first-order valence-corrected chi connectivity index (χ1v) is 10.1. The van der Waals surface area contributed by atoms with E-state index in [-0.39, 0.29) is 42.2 Å². The molecule has 1 fully saturated rings. The predicted molar refractivity (Wildman–Crippen MR) is 129 cm³/mol. The van der Waals surface area contributed by atoms with E-state index in [4.69, 9.17) is 16.3 Å². The molecule has 29 heavy (non-hydrogen) atoms. The molecule has 1 aromatic carbocycles. The standard InChI is InChI=1S/C20H32ClN5O2.HI/c1-5-28-20(27)26-12-10-17(11-13-26)24-19(22-2)23-14-18(25(3)4)15-6-8-16(21)9-7-15;/h6-9,17-18H,5,10-14H2,1-4H3,(H2,22,23,24);1H. The van der Waals surface area contributed by atoms with Crippen molar-refractivity contribution in [2.45, 2.75) is 31.8 Å². The number of guanidine groups is 1. The first-order valence-electron chi connectivity index (χ1n) is 9.75. The van der Waals surface area contributed by atoms with Gasteiger partial charge in [-0.1, -0.05) is 23.7 Å². The van der Waals surface area contributed by atoms with Crippen molar-refractivity contribution in [1.82, 2.24) is 20.4 Å².